The molecule has 2 fully saturated rings. The number of aliphatic hydroxyl groups excluding tert-OH is 2. The smallest absolute Gasteiger partial charge is 0.339 e. The predicted molar refractivity (Wildman–Crippen MR) is 91.9 cm³/mol. The Morgan fingerprint density at radius 2 is 2.08 bits per heavy atom. The molecule has 4 nitrogen and oxygen atoms in total. The van der Waals surface area contributed by atoms with Crippen molar-refractivity contribution in [3.05, 3.63) is 23.8 Å². The van der Waals surface area contributed by atoms with E-state index in [0.29, 0.717) is 17.8 Å². The molecule has 0 radical (unpaired) electrons. The van der Waals surface area contributed by atoms with Crippen LogP contribution in [0.15, 0.2) is 23.8 Å². The van der Waals surface area contributed by atoms with Crippen LogP contribution in [0.1, 0.15) is 59.3 Å². The monoisotopic (exact) mass is 334 g/mol. The second-order valence-corrected chi connectivity index (χ2v) is 8.82. The van der Waals surface area contributed by atoms with E-state index in [1.165, 1.54) is 30.9 Å². The van der Waals surface area contributed by atoms with Gasteiger partial charge in [-0.3, -0.25) is 0 Å². The van der Waals surface area contributed by atoms with Gasteiger partial charge < -0.3 is 14.9 Å². The van der Waals surface area contributed by atoms with Gasteiger partial charge in [0.15, 0.2) is 0 Å². The maximum Gasteiger partial charge on any atom is 0.339 e. The molecule has 5 atom stereocenters. The van der Waals surface area contributed by atoms with E-state index in [1.807, 2.05) is 0 Å². The number of rotatable bonds is 3. The van der Waals surface area contributed by atoms with Gasteiger partial charge in [-0.2, -0.15) is 0 Å². The summed E-state index contributed by atoms with van der Waals surface area (Å²) in [5, 5.41) is 20.1. The van der Waals surface area contributed by atoms with E-state index >= 15 is 0 Å². The minimum atomic E-state index is -1.23. The molecule has 2 N–H and O–H groups in total. The topological polar surface area (TPSA) is 66.8 Å². The first-order valence-electron chi connectivity index (χ1n) is 9.11. The highest BCUT2D eigenvalue weighted by Crippen LogP contribution is 2.61. The van der Waals surface area contributed by atoms with Crippen molar-refractivity contribution in [2.75, 3.05) is 0 Å². The number of fused-ring (bicyclic) bond motifs is 1. The third kappa shape index (κ3) is 2.84. The lowest BCUT2D eigenvalue weighted by Crippen LogP contribution is -2.50. The molecule has 1 unspecified atom stereocenters. The molecule has 2 aliphatic carbocycles. The molecule has 3 rings (SSSR count). The number of ether oxygens (including phenoxy) is 1. The summed E-state index contributed by atoms with van der Waals surface area (Å²) in [5.41, 5.74) is 1.80. The van der Waals surface area contributed by atoms with E-state index in [-0.39, 0.29) is 16.9 Å². The van der Waals surface area contributed by atoms with Gasteiger partial charge in [-0.15, -0.1) is 0 Å². The van der Waals surface area contributed by atoms with Crippen molar-refractivity contribution < 1.29 is 19.7 Å². The van der Waals surface area contributed by atoms with Crippen LogP contribution in [-0.2, 0) is 9.53 Å². The van der Waals surface area contributed by atoms with Gasteiger partial charge in [-0.05, 0) is 60.8 Å². The van der Waals surface area contributed by atoms with Crippen molar-refractivity contribution >= 4 is 5.97 Å². The van der Waals surface area contributed by atoms with Crippen LogP contribution in [0.4, 0.5) is 0 Å². The van der Waals surface area contributed by atoms with Gasteiger partial charge in [0.2, 0.25) is 6.29 Å². The summed E-state index contributed by atoms with van der Waals surface area (Å²) in [4.78, 5) is 11.8. The highest BCUT2D eigenvalue weighted by molar-refractivity contribution is 5.91. The normalized spacial score (nSPS) is 39.9. The summed E-state index contributed by atoms with van der Waals surface area (Å²) in [6.45, 7) is 11.4. The fourth-order valence-corrected chi connectivity index (χ4v) is 5.74. The maximum absolute atomic E-state index is 11.8. The Kier molecular flexibility index (Phi) is 4.42. The number of cyclic esters (lactones) is 1. The number of allylic oxidation sites excluding steroid dienone is 1. The number of hydrogen-bond acceptors (Lipinski definition) is 4. The van der Waals surface area contributed by atoms with Crippen LogP contribution < -0.4 is 0 Å². The molecule has 0 aromatic rings. The zero-order valence-electron chi connectivity index (χ0n) is 15.0. The van der Waals surface area contributed by atoms with Crippen molar-refractivity contribution in [3.63, 3.8) is 0 Å². The van der Waals surface area contributed by atoms with E-state index in [0.717, 1.165) is 12.8 Å². The molecular weight excluding hydrogens is 304 g/mol. The van der Waals surface area contributed by atoms with Crippen LogP contribution in [-0.4, -0.2) is 28.6 Å². The Morgan fingerprint density at radius 3 is 2.71 bits per heavy atom. The average molecular weight is 334 g/mol. The van der Waals surface area contributed by atoms with Crippen LogP contribution in [0.2, 0.25) is 0 Å². The molecule has 0 spiro atoms. The summed E-state index contributed by atoms with van der Waals surface area (Å²) in [6, 6.07) is 0. The molecule has 1 heterocycles. The highest BCUT2D eigenvalue weighted by atomic mass is 16.6. The number of carbonyl (C=O) groups excluding carboxylic acids is 1. The van der Waals surface area contributed by atoms with Crippen molar-refractivity contribution in [2.45, 2.75) is 71.7 Å². The molecule has 0 amide bonds. The molecule has 1 aliphatic heterocycles. The molecule has 4 heteroatoms. The van der Waals surface area contributed by atoms with Crippen molar-refractivity contribution in [1.82, 2.24) is 0 Å². The first-order valence-corrected chi connectivity index (χ1v) is 9.11. The van der Waals surface area contributed by atoms with Gasteiger partial charge in [-0.1, -0.05) is 39.3 Å². The van der Waals surface area contributed by atoms with Crippen molar-refractivity contribution in [2.24, 2.45) is 22.7 Å². The maximum atomic E-state index is 11.8. The van der Waals surface area contributed by atoms with Crippen LogP contribution in [0.3, 0.4) is 0 Å². The molecule has 0 aromatic heterocycles. The Balaban J connectivity index is 1.84. The van der Waals surface area contributed by atoms with Crippen LogP contribution >= 0.6 is 0 Å². The Labute approximate surface area is 144 Å². The molecule has 0 aromatic carbocycles. The second kappa shape index (κ2) is 5.99. The zero-order valence-corrected chi connectivity index (χ0v) is 15.0. The van der Waals surface area contributed by atoms with E-state index in [9.17, 15) is 15.0 Å². The molecule has 134 valence electrons. The molecule has 0 saturated heterocycles. The van der Waals surface area contributed by atoms with Crippen LogP contribution in [0, 0.1) is 22.7 Å². The quantitative estimate of drug-likeness (QED) is 0.614. The van der Waals surface area contributed by atoms with Gasteiger partial charge in [0.1, 0.15) is 0 Å². The summed E-state index contributed by atoms with van der Waals surface area (Å²) < 4.78 is 4.72. The van der Waals surface area contributed by atoms with Gasteiger partial charge >= 0.3 is 5.97 Å². The van der Waals surface area contributed by atoms with Gasteiger partial charge in [0.25, 0.3) is 0 Å². The minimum Gasteiger partial charge on any atom is -0.429 e. The van der Waals surface area contributed by atoms with Crippen molar-refractivity contribution in [3.8, 4) is 0 Å². The summed E-state index contributed by atoms with van der Waals surface area (Å²) in [6.07, 6.45) is 5.42. The van der Waals surface area contributed by atoms with E-state index in [2.05, 4.69) is 27.4 Å². The van der Waals surface area contributed by atoms with E-state index < -0.39 is 18.4 Å². The molecule has 24 heavy (non-hydrogen) atoms. The lowest BCUT2D eigenvalue weighted by Gasteiger charge is -2.58. The lowest BCUT2D eigenvalue weighted by atomic mass is 9.47. The summed E-state index contributed by atoms with van der Waals surface area (Å²) in [5.74, 6) is 0.191. The van der Waals surface area contributed by atoms with Crippen molar-refractivity contribution in [1.29, 1.82) is 0 Å². The number of aliphatic hydroxyl groups is 2. The van der Waals surface area contributed by atoms with E-state index in [4.69, 9.17) is 4.74 Å². The second-order valence-electron chi connectivity index (χ2n) is 8.82. The summed E-state index contributed by atoms with van der Waals surface area (Å²) in [7, 11) is 0. The fraction of sp³-hybridized carbons (Fsp3) is 0.750. The number of esters is 1. The molecule has 0 bridgehead atoms. The Bertz CT molecular complexity index is 576. The number of hydrogen-bond donors (Lipinski definition) is 2. The standard InChI is InChI=1S/C20H30O4/c1-12-6-7-16-19(2,3)8-5-9-20(16,4)14(12)11-15(21)13-10-17(22)24-18(13)23/h10,14-17,21-22H,1,5-9,11H2,2-4H3/t14-,15+,16-,17?,20+/m0/s1. The lowest BCUT2D eigenvalue weighted by molar-refractivity contribution is -0.152. The molecule has 3 aliphatic rings. The SMILES string of the molecule is C=C1CC[C@H]2C(C)(C)CCC[C@]2(C)[C@H]1C[C@@H](O)C1=CC(O)OC1=O. The minimum absolute atomic E-state index is 0.111. The van der Waals surface area contributed by atoms with Gasteiger partial charge in [-0.25, -0.2) is 4.79 Å². The van der Waals surface area contributed by atoms with Gasteiger partial charge in [0, 0.05) is 0 Å². The fourth-order valence-electron chi connectivity index (χ4n) is 5.74. The largest absolute Gasteiger partial charge is 0.429 e. The van der Waals surface area contributed by atoms with Crippen LogP contribution in [0.25, 0.3) is 0 Å². The third-order valence-electron chi connectivity index (χ3n) is 6.92. The first kappa shape index (κ1) is 17.7. The predicted octanol–water partition coefficient (Wildman–Crippen LogP) is 3.34. The Hall–Kier alpha value is -1.13. The summed E-state index contributed by atoms with van der Waals surface area (Å²) >= 11 is 0. The third-order valence-corrected chi connectivity index (χ3v) is 6.92. The zero-order chi connectivity index (χ0) is 17.7. The van der Waals surface area contributed by atoms with E-state index in [1.54, 1.807) is 0 Å². The van der Waals surface area contributed by atoms with Crippen LogP contribution in [0.5, 0.6) is 0 Å². The van der Waals surface area contributed by atoms with Gasteiger partial charge in [0.05, 0.1) is 11.7 Å². The molecule has 2 saturated carbocycles. The first-order chi connectivity index (χ1) is 11.1. The molecular formula is C20H30O4. The number of carbonyl (C=O) groups is 1. The Morgan fingerprint density at radius 1 is 1.38 bits per heavy atom. The highest BCUT2D eigenvalue weighted by Gasteiger charge is 2.53. The average Bonchev–Trinajstić information content (AvgIpc) is 2.80.